The summed E-state index contributed by atoms with van der Waals surface area (Å²) in [6.07, 6.45) is 0.977. The molecule has 1 saturated heterocycles. The lowest BCUT2D eigenvalue weighted by molar-refractivity contribution is -0.385. The number of nitro groups is 1. The first-order valence-electron chi connectivity index (χ1n) is 5.53. The Labute approximate surface area is 122 Å². The number of carbonyl (C=O) groups is 1. The molecular weight excluding hydrogens is 339 g/mol. The van der Waals surface area contributed by atoms with E-state index in [-0.39, 0.29) is 29.0 Å². The van der Waals surface area contributed by atoms with Crippen LogP contribution in [0, 0.1) is 10.1 Å². The smallest absolute Gasteiger partial charge is 0.313 e. The van der Waals surface area contributed by atoms with Crippen LogP contribution in [0.1, 0.15) is 6.42 Å². The van der Waals surface area contributed by atoms with Gasteiger partial charge in [-0.2, -0.15) is 0 Å². The fraction of sp³-hybridized carbons (Fsp3) is 0.364. The minimum absolute atomic E-state index is 0.0799. The van der Waals surface area contributed by atoms with E-state index in [2.05, 4.69) is 15.9 Å². The molecule has 1 aromatic rings. The van der Waals surface area contributed by atoms with Gasteiger partial charge < -0.3 is 9.64 Å². The van der Waals surface area contributed by atoms with Gasteiger partial charge in [-0.1, -0.05) is 27.5 Å². The van der Waals surface area contributed by atoms with E-state index in [1.165, 1.54) is 12.1 Å². The zero-order valence-electron chi connectivity index (χ0n) is 9.77. The van der Waals surface area contributed by atoms with Gasteiger partial charge in [0.2, 0.25) is 5.75 Å². The van der Waals surface area contributed by atoms with E-state index in [0.29, 0.717) is 17.6 Å². The van der Waals surface area contributed by atoms with Crippen molar-refractivity contribution in [3.05, 3.63) is 31.7 Å². The van der Waals surface area contributed by atoms with Crippen LogP contribution in [-0.4, -0.2) is 35.4 Å². The molecule has 1 aromatic carbocycles. The number of amides is 1. The number of nitrogens with zero attached hydrogens (tertiary/aromatic N) is 2. The van der Waals surface area contributed by atoms with Crippen LogP contribution in [0.4, 0.5) is 5.69 Å². The van der Waals surface area contributed by atoms with E-state index >= 15 is 0 Å². The number of halogens is 2. The van der Waals surface area contributed by atoms with Gasteiger partial charge in [-0.3, -0.25) is 14.9 Å². The summed E-state index contributed by atoms with van der Waals surface area (Å²) in [5.74, 6) is -0.275. The topological polar surface area (TPSA) is 72.7 Å². The first-order valence-corrected chi connectivity index (χ1v) is 6.70. The number of benzene rings is 1. The molecule has 0 bridgehead atoms. The maximum absolute atomic E-state index is 11.6. The fourth-order valence-electron chi connectivity index (χ4n) is 1.62. The van der Waals surface area contributed by atoms with Crippen molar-refractivity contribution in [1.82, 2.24) is 4.90 Å². The van der Waals surface area contributed by atoms with Gasteiger partial charge >= 0.3 is 5.69 Å². The number of carbonyl (C=O) groups excluding carboxylic acids is 1. The van der Waals surface area contributed by atoms with Gasteiger partial charge in [0, 0.05) is 23.6 Å². The van der Waals surface area contributed by atoms with Crippen molar-refractivity contribution < 1.29 is 14.5 Å². The van der Waals surface area contributed by atoms with Gasteiger partial charge in [-0.05, 0) is 12.5 Å². The zero-order chi connectivity index (χ0) is 14.0. The number of nitro benzene ring substituents is 1. The minimum Gasteiger partial charge on any atom is -0.476 e. The second kappa shape index (κ2) is 5.75. The average molecular weight is 350 g/mol. The monoisotopic (exact) mass is 348 g/mol. The predicted molar refractivity (Wildman–Crippen MR) is 72.5 cm³/mol. The van der Waals surface area contributed by atoms with Gasteiger partial charge in [-0.15, -0.1) is 0 Å². The van der Waals surface area contributed by atoms with E-state index in [1.54, 1.807) is 4.90 Å². The molecule has 19 heavy (non-hydrogen) atoms. The average Bonchev–Trinajstić information content (AvgIpc) is 2.24. The quantitative estimate of drug-likeness (QED) is 0.619. The summed E-state index contributed by atoms with van der Waals surface area (Å²) in [7, 11) is 0. The lowest BCUT2D eigenvalue weighted by atomic mass is 10.2. The van der Waals surface area contributed by atoms with Gasteiger partial charge in [0.25, 0.3) is 5.91 Å². The lowest BCUT2D eigenvalue weighted by Crippen LogP contribution is -2.44. The molecule has 0 unspecified atom stereocenters. The molecule has 0 N–H and O–H groups in total. The molecule has 6 nitrogen and oxygen atoms in total. The van der Waals surface area contributed by atoms with Crippen LogP contribution < -0.4 is 4.74 Å². The molecule has 1 aliphatic rings. The SMILES string of the molecule is O=C(COc1c(Cl)cc(Br)cc1[N+](=O)[O-])N1CCC1. The summed E-state index contributed by atoms with van der Waals surface area (Å²) in [5.41, 5.74) is -0.268. The number of hydrogen-bond donors (Lipinski definition) is 0. The molecule has 0 aliphatic carbocycles. The molecule has 102 valence electrons. The number of ether oxygens (including phenoxy) is 1. The Morgan fingerprint density at radius 2 is 2.21 bits per heavy atom. The summed E-state index contributed by atoms with van der Waals surface area (Å²) >= 11 is 9.02. The van der Waals surface area contributed by atoms with Gasteiger partial charge in [0.1, 0.15) is 0 Å². The van der Waals surface area contributed by atoms with Gasteiger partial charge in [0.05, 0.1) is 9.95 Å². The Morgan fingerprint density at radius 3 is 2.74 bits per heavy atom. The molecule has 2 rings (SSSR count). The van der Waals surface area contributed by atoms with Crippen molar-refractivity contribution >= 4 is 39.1 Å². The lowest BCUT2D eigenvalue weighted by Gasteiger charge is -2.30. The maximum atomic E-state index is 11.6. The number of hydrogen-bond acceptors (Lipinski definition) is 4. The Bertz CT molecular complexity index is 534. The highest BCUT2D eigenvalue weighted by molar-refractivity contribution is 9.10. The first kappa shape index (κ1) is 14.1. The Kier molecular flexibility index (Phi) is 4.26. The van der Waals surface area contributed by atoms with Gasteiger partial charge in [0.15, 0.2) is 6.61 Å². The molecule has 0 radical (unpaired) electrons. The molecule has 0 saturated carbocycles. The number of likely N-dealkylation sites (tertiary alicyclic amines) is 1. The van der Waals surface area contributed by atoms with Crippen molar-refractivity contribution in [2.24, 2.45) is 0 Å². The van der Waals surface area contributed by atoms with Crippen LogP contribution in [0.25, 0.3) is 0 Å². The van der Waals surface area contributed by atoms with E-state index < -0.39 is 4.92 Å². The third-order valence-corrected chi connectivity index (χ3v) is 3.47. The van der Waals surface area contributed by atoms with Crippen molar-refractivity contribution in [1.29, 1.82) is 0 Å². The molecule has 0 atom stereocenters. The second-order valence-corrected chi connectivity index (χ2v) is 5.34. The Balaban J connectivity index is 2.14. The Hall–Kier alpha value is -1.34. The first-order chi connectivity index (χ1) is 8.99. The fourth-order valence-corrected chi connectivity index (χ4v) is 2.46. The molecule has 1 heterocycles. The minimum atomic E-state index is -0.597. The number of rotatable bonds is 4. The third kappa shape index (κ3) is 3.16. The largest absolute Gasteiger partial charge is 0.476 e. The van der Waals surface area contributed by atoms with E-state index in [1.807, 2.05) is 0 Å². The van der Waals surface area contributed by atoms with Crippen LogP contribution in [-0.2, 0) is 4.79 Å². The van der Waals surface area contributed by atoms with E-state index in [4.69, 9.17) is 16.3 Å². The highest BCUT2D eigenvalue weighted by atomic mass is 79.9. The second-order valence-electron chi connectivity index (χ2n) is 4.02. The summed E-state index contributed by atoms with van der Waals surface area (Å²) in [6.45, 7) is 1.17. The maximum Gasteiger partial charge on any atom is 0.313 e. The normalized spacial score (nSPS) is 13.9. The van der Waals surface area contributed by atoms with Crippen molar-refractivity contribution in [2.75, 3.05) is 19.7 Å². The predicted octanol–water partition coefficient (Wildman–Crippen LogP) is 2.62. The van der Waals surface area contributed by atoms with Gasteiger partial charge in [-0.25, -0.2) is 0 Å². The third-order valence-electron chi connectivity index (χ3n) is 2.73. The molecular formula is C11H10BrClN2O4. The standard InChI is InChI=1S/C11H10BrClN2O4/c12-7-4-8(13)11(9(5-7)15(17)18)19-6-10(16)14-2-1-3-14/h4-5H,1-3,6H2. The van der Waals surface area contributed by atoms with Crippen LogP contribution in [0.3, 0.4) is 0 Å². The van der Waals surface area contributed by atoms with Crippen LogP contribution >= 0.6 is 27.5 Å². The molecule has 1 amide bonds. The highest BCUT2D eigenvalue weighted by Crippen LogP contribution is 2.37. The van der Waals surface area contributed by atoms with E-state index in [9.17, 15) is 14.9 Å². The summed E-state index contributed by atoms with van der Waals surface area (Å²) < 4.78 is 5.69. The van der Waals surface area contributed by atoms with Crippen molar-refractivity contribution in [2.45, 2.75) is 6.42 Å². The molecule has 1 fully saturated rings. The highest BCUT2D eigenvalue weighted by Gasteiger charge is 2.24. The summed E-state index contributed by atoms with van der Waals surface area (Å²) in [4.78, 5) is 23.6. The van der Waals surface area contributed by atoms with Crippen LogP contribution in [0.15, 0.2) is 16.6 Å². The summed E-state index contributed by atoms with van der Waals surface area (Å²) in [5, 5.41) is 11.0. The molecule has 0 aromatic heterocycles. The van der Waals surface area contributed by atoms with Crippen molar-refractivity contribution in [3.63, 3.8) is 0 Å². The Morgan fingerprint density at radius 1 is 1.53 bits per heavy atom. The van der Waals surface area contributed by atoms with Crippen LogP contribution in [0.2, 0.25) is 5.02 Å². The zero-order valence-corrected chi connectivity index (χ0v) is 12.1. The van der Waals surface area contributed by atoms with E-state index in [0.717, 1.165) is 6.42 Å². The molecule has 8 heteroatoms. The molecule has 1 aliphatic heterocycles. The van der Waals surface area contributed by atoms with Crippen molar-refractivity contribution in [3.8, 4) is 5.75 Å². The van der Waals surface area contributed by atoms with Crippen LogP contribution in [0.5, 0.6) is 5.75 Å². The molecule has 0 spiro atoms. The summed E-state index contributed by atoms with van der Waals surface area (Å²) in [6, 6.07) is 2.77.